The molecule has 1 fully saturated rings. The third kappa shape index (κ3) is 5.95. The number of nitrogens with one attached hydrogen (secondary N) is 1. The Kier molecular flexibility index (Phi) is 7.67. The van der Waals surface area contributed by atoms with E-state index < -0.39 is 5.60 Å². The number of rotatable bonds is 9. The minimum Gasteiger partial charge on any atom is -0.388 e. The van der Waals surface area contributed by atoms with Crippen molar-refractivity contribution in [3.8, 4) is 0 Å². The van der Waals surface area contributed by atoms with Gasteiger partial charge in [-0.15, -0.1) is 6.58 Å². The van der Waals surface area contributed by atoms with Crippen LogP contribution in [-0.2, 0) is 0 Å². The van der Waals surface area contributed by atoms with E-state index >= 15 is 0 Å². The second-order valence-electron chi connectivity index (χ2n) is 5.81. The van der Waals surface area contributed by atoms with Crippen LogP contribution in [0.15, 0.2) is 17.6 Å². The lowest BCUT2D eigenvalue weighted by Crippen LogP contribution is -2.44. The van der Waals surface area contributed by atoms with Crippen molar-refractivity contribution in [3.05, 3.63) is 12.7 Å². The largest absolute Gasteiger partial charge is 0.388 e. The summed E-state index contributed by atoms with van der Waals surface area (Å²) in [4.78, 5) is 6.75. The number of allylic oxidation sites excluding steroid dienone is 1. The van der Waals surface area contributed by atoms with Crippen LogP contribution in [0.1, 0.15) is 51.9 Å². The Balaban J connectivity index is 2.34. The molecule has 0 radical (unpaired) electrons. The smallest absolute Gasteiger partial charge is 0.193 e. The maximum atomic E-state index is 10.1. The van der Waals surface area contributed by atoms with Crippen LogP contribution in [0.25, 0.3) is 0 Å². The summed E-state index contributed by atoms with van der Waals surface area (Å²) in [6.07, 6.45) is 9.59. The van der Waals surface area contributed by atoms with E-state index in [2.05, 4.69) is 35.8 Å². The Bertz CT molecular complexity index is 311. The van der Waals surface area contributed by atoms with Crippen LogP contribution in [0.2, 0.25) is 0 Å². The van der Waals surface area contributed by atoms with Crippen LogP contribution in [0.5, 0.6) is 0 Å². The van der Waals surface area contributed by atoms with Crippen molar-refractivity contribution in [2.45, 2.75) is 57.5 Å². The summed E-state index contributed by atoms with van der Waals surface area (Å²) in [5, 5.41) is 13.4. The van der Waals surface area contributed by atoms with Crippen LogP contribution in [0.4, 0.5) is 0 Å². The summed E-state index contributed by atoms with van der Waals surface area (Å²) in [6.45, 7) is 8.20. The van der Waals surface area contributed by atoms with Crippen molar-refractivity contribution in [1.82, 2.24) is 10.2 Å². The van der Waals surface area contributed by atoms with Crippen molar-refractivity contribution in [2.24, 2.45) is 4.99 Å². The lowest BCUT2D eigenvalue weighted by Gasteiger charge is -2.35. The lowest BCUT2D eigenvalue weighted by molar-refractivity contribution is -0.0237. The Morgan fingerprint density at radius 2 is 2.15 bits per heavy atom. The molecule has 0 saturated heterocycles. The van der Waals surface area contributed by atoms with Crippen LogP contribution in [0, 0.1) is 0 Å². The van der Waals surface area contributed by atoms with Crippen LogP contribution >= 0.6 is 0 Å². The number of nitrogens with zero attached hydrogens (tertiary/aromatic N) is 2. The van der Waals surface area contributed by atoms with E-state index in [1.165, 1.54) is 19.3 Å². The number of hydrogen-bond donors (Lipinski definition) is 2. The Morgan fingerprint density at radius 1 is 1.40 bits per heavy atom. The highest BCUT2D eigenvalue weighted by Crippen LogP contribution is 2.31. The van der Waals surface area contributed by atoms with E-state index in [1.54, 1.807) is 0 Å². The summed E-state index contributed by atoms with van der Waals surface area (Å²) in [7, 11) is 2.07. The quantitative estimate of drug-likeness (QED) is 0.295. The zero-order valence-electron chi connectivity index (χ0n) is 13.2. The molecule has 1 aliphatic carbocycles. The molecule has 0 unspecified atom stereocenters. The van der Waals surface area contributed by atoms with Crippen LogP contribution in [-0.4, -0.2) is 48.2 Å². The van der Waals surface area contributed by atoms with Gasteiger partial charge in [-0.25, -0.2) is 0 Å². The SMILES string of the molecule is C=CCCCCCN(C)C(=NCC1(O)CCC1)NCC. The van der Waals surface area contributed by atoms with Gasteiger partial charge in [0.25, 0.3) is 0 Å². The van der Waals surface area contributed by atoms with Gasteiger partial charge in [-0.05, 0) is 45.4 Å². The maximum absolute atomic E-state index is 10.1. The second kappa shape index (κ2) is 9.01. The van der Waals surface area contributed by atoms with Gasteiger partial charge in [0, 0.05) is 20.1 Å². The van der Waals surface area contributed by atoms with E-state index in [1.807, 2.05) is 6.08 Å². The molecule has 116 valence electrons. The third-order valence-electron chi connectivity index (χ3n) is 3.91. The molecule has 20 heavy (non-hydrogen) atoms. The lowest BCUT2D eigenvalue weighted by atomic mass is 9.80. The molecule has 4 nitrogen and oxygen atoms in total. The topological polar surface area (TPSA) is 47.9 Å². The molecule has 0 bridgehead atoms. The molecular weight excluding hydrogens is 250 g/mol. The average molecular weight is 281 g/mol. The number of aliphatic hydroxyl groups is 1. The normalized spacial score (nSPS) is 17.4. The predicted octanol–water partition coefficient (Wildman–Crippen LogP) is 2.55. The van der Waals surface area contributed by atoms with Crippen molar-refractivity contribution < 1.29 is 5.11 Å². The molecule has 0 aromatic rings. The fourth-order valence-corrected chi connectivity index (χ4v) is 2.36. The highest BCUT2D eigenvalue weighted by atomic mass is 16.3. The summed E-state index contributed by atoms with van der Waals surface area (Å²) in [5.41, 5.74) is -0.536. The summed E-state index contributed by atoms with van der Waals surface area (Å²) in [5.74, 6) is 0.913. The fourth-order valence-electron chi connectivity index (χ4n) is 2.36. The van der Waals surface area contributed by atoms with Gasteiger partial charge in [-0.1, -0.05) is 12.5 Å². The first-order chi connectivity index (χ1) is 9.61. The van der Waals surface area contributed by atoms with E-state index in [-0.39, 0.29) is 0 Å². The standard InChI is InChI=1S/C16H31N3O/c1-4-6-7-8-9-13-19(3)15(17-5-2)18-14-16(20)11-10-12-16/h4,20H,1,5-14H2,2-3H3,(H,17,18). The molecule has 0 aromatic carbocycles. The summed E-state index contributed by atoms with van der Waals surface area (Å²) >= 11 is 0. The van der Waals surface area contributed by atoms with E-state index in [0.29, 0.717) is 6.54 Å². The first kappa shape index (κ1) is 17.0. The molecule has 1 aliphatic rings. The summed E-state index contributed by atoms with van der Waals surface area (Å²) in [6, 6.07) is 0. The van der Waals surface area contributed by atoms with Crippen molar-refractivity contribution in [2.75, 3.05) is 26.7 Å². The molecule has 0 amide bonds. The first-order valence-electron chi connectivity index (χ1n) is 7.94. The number of guanidine groups is 1. The highest BCUT2D eigenvalue weighted by molar-refractivity contribution is 5.79. The van der Waals surface area contributed by atoms with Crippen molar-refractivity contribution in [3.63, 3.8) is 0 Å². The van der Waals surface area contributed by atoms with Crippen molar-refractivity contribution >= 4 is 5.96 Å². The number of hydrogen-bond acceptors (Lipinski definition) is 2. The fraction of sp³-hybridized carbons (Fsp3) is 0.812. The van der Waals surface area contributed by atoms with E-state index in [4.69, 9.17) is 0 Å². The molecule has 2 N–H and O–H groups in total. The maximum Gasteiger partial charge on any atom is 0.193 e. The zero-order valence-corrected chi connectivity index (χ0v) is 13.2. The molecule has 0 heterocycles. The molecule has 4 heteroatoms. The number of unbranched alkanes of at least 4 members (excludes halogenated alkanes) is 3. The number of aliphatic imine (C=N–C) groups is 1. The molecule has 0 aromatic heterocycles. The monoisotopic (exact) mass is 281 g/mol. The van der Waals surface area contributed by atoms with Gasteiger partial charge in [-0.3, -0.25) is 4.99 Å². The van der Waals surface area contributed by atoms with Crippen LogP contribution in [0.3, 0.4) is 0 Å². The molecule has 1 rings (SSSR count). The van der Waals surface area contributed by atoms with Gasteiger partial charge in [0.15, 0.2) is 5.96 Å². The Labute approximate surface area is 124 Å². The zero-order chi connectivity index (χ0) is 14.8. The predicted molar refractivity (Wildman–Crippen MR) is 86.1 cm³/mol. The van der Waals surface area contributed by atoms with Gasteiger partial charge >= 0.3 is 0 Å². The minimum absolute atomic E-state index is 0.524. The Hall–Kier alpha value is -1.03. The van der Waals surface area contributed by atoms with Gasteiger partial charge < -0.3 is 15.3 Å². The van der Waals surface area contributed by atoms with Gasteiger partial charge in [0.1, 0.15) is 0 Å². The second-order valence-corrected chi connectivity index (χ2v) is 5.81. The highest BCUT2D eigenvalue weighted by Gasteiger charge is 2.34. The van der Waals surface area contributed by atoms with Crippen molar-refractivity contribution in [1.29, 1.82) is 0 Å². The van der Waals surface area contributed by atoms with E-state index in [0.717, 1.165) is 44.7 Å². The van der Waals surface area contributed by atoms with E-state index in [9.17, 15) is 5.11 Å². The molecule has 0 aliphatic heterocycles. The van der Waals surface area contributed by atoms with Gasteiger partial charge in [0.05, 0.1) is 12.1 Å². The molecule has 0 atom stereocenters. The average Bonchev–Trinajstić information content (AvgIpc) is 2.41. The third-order valence-corrected chi connectivity index (χ3v) is 3.91. The molecule has 1 saturated carbocycles. The first-order valence-corrected chi connectivity index (χ1v) is 7.94. The summed E-state index contributed by atoms with van der Waals surface area (Å²) < 4.78 is 0. The molecular formula is C16H31N3O. The van der Waals surface area contributed by atoms with Gasteiger partial charge in [-0.2, -0.15) is 0 Å². The van der Waals surface area contributed by atoms with Gasteiger partial charge in [0.2, 0.25) is 0 Å². The molecule has 0 spiro atoms. The minimum atomic E-state index is -0.536. The van der Waals surface area contributed by atoms with Crippen LogP contribution < -0.4 is 5.32 Å². The Morgan fingerprint density at radius 3 is 2.70 bits per heavy atom.